The number of carbonyl (C=O) groups excluding carboxylic acids is 4. The van der Waals surface area contributed by atoms with E-state index < -0.39 is 69.4 Å². The zero-order valence-corrected chi connectivity index (χ0v) is 27.6. The Bertz CT molecular complexity index is 1680. The molecule has 13 nitrogen and oxygen atoms in total. The number of carbonyl (C=O) groups is 4. The fourth-order valence-corrected chi connectivity index (χ4v) is 7.58. The van der Waals surface area contributed by atoms with Crippen molar-refractivity contribution >= 4 is 50.7 Å². The van der Waals surface area contributed by atoms with E-state index in [4.69, 9.17) is 9.72 Å². The quantitative estimate of drug-likeness (QED) is 0.409. The summed E-state index contributed by atoms with van der Waals surface area (Å²) in [6, 6.07) is 6.36. The first-order valence-electron chi connectivity index (χ1n) is 15.7. The molecule has 248 valence electrons. The molecule has 5 bridgehead atoms. The molecule has 2 fully saturated rings. The van der Waals surface area contributed by atoms with Crippen LogP contribution >= 0.6 is 0 Å². The van der Waals surface area contributed by atoms with Gasteiger partial charge in [0.15, 0.2) is 0 Å². The summed E-state index contributed by atoms with van der Waals surface area (Å²) in [7, 11) is -3.82. The molecule has 3 aliphatic heterocycles. The van der Waals surface area contributed by atoms with E-state index in [2.05, 4.69) is 16.1 Å². The summed E-state index contributed by atoms with van der Waals surface area (Å²) in [5.74, 6) is -2.58. The van der Waals surface area contributed by atoms with Gasteiger partial charge in [0.2, 0.25) is 21.8 Å². The molecule has 5 rings (SSSR count). The van der Waals surface area contributed by atoms with Crippen molar-refractivity contribution in [2.24, 2.45) is 5.92 Å². The third kappa shape index (κ3) is 6.79. The van der Waals surface area contributed by atoms with Crippen molar-refractivity contribution in [3.05, 3.63) is 47.7 Å². The lowest BCUT2D eigenvalue weighted by Gasteiger charge is -2.36. The van der Waals surface area contributed by atoms with E-state index in [1.807, 2.05) is 24.3 Å². The monoisotopic (exact) mass is 654 g/mol. The van der Waals surface area contributed by atoms with E-state index in [1.54, 1.807) is 39.0 Å². The first-order valence-corrected chi connectivity index (χ1v) is 17.5. The molecular weight excluding hydrogens is 612 g/mol. The van der Waals surface area contributed by atoms with Crippen LogP contribution in [0.15, 0.2) is 36.4 Å². The molecule has 1 aromatic heterocycles. The number of cyclic esters (lactones) is 1. The van der Waals surface area contributed by atoms with Crippen LogP contribution in [0.25, 0.3) is 17.0 Å². The molecule has 0 radical (unpaired) electrons. The molecule has 4 heterocycles. The van der Waals surface area contributed by atoms with Crippen molar-refractivity contribution in [3.63, 3.8) is 0 Å². The van der Waals surface area contributed by atoms with Gasteiger partial charge in [-0.3, -0.25) is 24.2 Å². The summed E-state index contributed by atoms with van der Waals surface area (Å²) in [5, 5.41) is 7.67. The average molecular weight is 655 g/mol. The SMILES string of the molecule is CC(C)C1NC(=O)[C@@]2(/C=C/c3ccc4ccc(nc4c3)[C@@H](C)OC(=O)[C@@H]3CCCN(N3)C(=O)[C@H](C)NC1=O)CCCN2S(C)(=O)=O. The average Bonchev–Trinajstić information content (AvgIpc) is 3.47. The Morgan fingerprint density at radius 3 is 2.48 bits per heavy atom. The second-order valence-corrected chi connectivity index (χ2v) is 14.6. The fourth-order valence-electron chi connectivity index (χ4n) is 6.29. The van der Waals surface area contributed by atoms with Crippen LogP contribution in [0.5, 0.6) is 0 Å². The third-order valence-electron chi connectivity index (χ3n) is 8.86. The summed E-state index contributed by atoms with van der Waals surface area (Å²) in [6.07, 6.45) is 5.31. The molecule has 2 saturated heterocycles. The Morgan fingerprint density at radius 1 is 1.02 bits per heavy atom. The lowest BCUT2D eigenvalue weighted by molar-refractivity contribution is -0.157. The first-order chi connectivity index (χ1) is 21.7. The summed E-state index contributed by atoms with van der Waals surface area (Å²) >= 11 is 0. The van der Waals surface area contributed by atoms with Gasteiger partial charge in [0.05, 0.1) is 17.5 Å². The minimum absolute atomic E-state index is 0.143. The highest BCUT2D eigenvalue weighted by Crippen LogP contribution is 2.35. The molecular formula is C32H42N6O7S. The van der Waals surface area contributed by atoms with Crippen LogP contribution in [0.3, 0.4) is 0 Å². The number of esters is 1. The maximum atomic E-state index is 14.1. The van der Waals surface area contributed by atoms with Gasteiger partial charge in [0, 0.05) is 18.5 Å². The van der Waals surface area contributed by atoms with Crippen molar-refractivity contribution in [3.8, 4) is 0 Å². The Kier molecular flexibility index (Phi) is 9.52. The minimum atomic E-state index is -3.82. The number of sulfonamides is 1. The summed E-state index contributed by atoms with van der Waals surface area (Å²) < 4.78 is 32.9. The molecule has 1 aromatic carbocycles. The maximum Gasteiger partial charge on any atom is 0.325 e. The minimum Gasteiger partial charge on any atom is -0.455 e. The number of amides is 3. The van der Waals surface area contributed by atoms with Crippen molar-refractivity contribution in [2.45, 2.75) is 83.1 Å². The topological polar surface area (TPSA) is 167 Å². The number of benzene rings is 1. The summed E-state index contributed by atoms with van der Waals surface area (Å²) in [4.78, 5) is 58.9. The Labute approximate surface area is 269 Å². The van der Waals surface area contributed by atoms with Gasteiger partial charge in [-0.05, 0) is 63.1 Å². The molecule has 3 amide bonds. The zero-order chi connectivity index (χ0) is 33.4. The van der Waals surface area contributed by atoms with E-state index in [0.29, 0.717) is 42.6 Å². The van der Waals surface area contributed by atoms with Gasteiger partial charge in [-0.1, -0.05) is 44.2 Å². The highest BCUT2D eigenvalue weighted by Gasteiger charge is 2.50. The number of rotatable bonds is 2. The molecule has 46 heavy (non-hydrogen) atoms. The summed E-state index contributed by atoms with van der Waals surface area (Å²) in [6.45, 7) is 7.23. The van der Waals surface area contributed by atoms with Crippen LogP contribution in [-0.2, 0) is 33.9 Å². The molecule has 0 aliphatic carbocycles. The van der Waals surface area contributed by atoms with Crippen LogP contribution < -0.4 is 16.1 Å². The van der Waals surface area contributed by atoms with Crippen molar-refractivity contribution in [2.75, 3.05) is 19.3 Å². The molecule has 14 heteroatoms. The van der Waals surface area contributed by atoms with Crippen LogP contribution in [0, 0.1) is 5.92 Å². The maximum absolute atomic E-state index is 14.1. The molecule has 3 aliphatic rings. The van der Waals surface area contributed by atoms with E-state index in [1.165, 1.54) is 16.2 Å². The molecule has 2 aromatic rings. The van der Waals surface area contributed by atoms with Crippen molar-refractivity contribution in [1.82, 2.24) is 30.4 Å². The van der Waals surface area contributed by atoms with Crippen LogP contribution in [0.2, 0.25) is 0 Å². The van der Waals surface area contributed by atoms with Gasteiger partial charge in [0.1, 0.15) is 29.8 Å². The number of hydrogen-bond donors (Lipinski definition) is 3. The number of hydrazine groups is 1. The number of hydrogen-bond acceptors (Lipinski definition) is 9. The first kappa shape index (κ1) is 33.5. The lowest BCUT2D eigenvalue weighted by atomic mass is 9.92. The normalized spacial score (nSPS) is 29.6. The second kappa shape index (κ2) is 13.1. The number of aromatic nitrogens is 1. The molecule has 5 atom stereocenters. The van der Waals surface area contributed by atoms with Crippen molar-refractivity contribution in [1.29, 1.82) is 0 Å². The fraction of sp³-hybridized carbons (Fsp3) is 0.531. The van der Waals surface area contributed by atoms with Gasteiger partial charge in [-0.25, -0.2) is 18.8 Å². The van der Waals surface area contributed by atoms with Gasteiger partial charge >= 0.3 is 5.97 Å². The predicted octanol–water partition coefficient (Wildman–Crippen LogP) is 1.80. The van der Waals surface area contributed by atoms with Gasteiger partial charge in [-0.15, -0.1) is 0 Å². The van der Waals surface area contributed by atoms with E-state index >= 15 is 0 Å². The van der Waals surface area contributed by atoms with Gasteiger partial charge < -0.3 is 15.4 Å². The molecule has 1 unspecified atom stereocenters. The lowest BCUT2D eigenvalue weighted by Crippen LogP contribution is -2.63. The van der Waals surface area contributed by atoms with Crippen LogP contribution in [-0.4, -0.2) is 89.4 Å². The number of nitrogens with zero attached hydrogens (tertiary/aromatic N) is 3. The van der Waals surface area contributed by atoms with Crippen LogP contribution in [0.1, 0.15) is 70.7 Å². The standard InChI is InChI=1S/C32H42N6O7S/c1-19(2)27-28(39)33-20(3)29(40)37-16-6-8-25(36-37)30(41)45-21(4)24-12-11-23-10-9-22(18-26(23)34-24)13-15-32(31(42)35-27)14-7-17-38(32)46(5,43)44/h9-13,15,18-21,25,27,36H,6-8,14,16-17H2,1-5H3,(H,33,39)(H,35,42)/b15-13+/t20-,21+,25-,27?,32-/m0/s1. The number of nitrogens with one attached hydrogen (secondary N) is 3. The number of fused-ring (bicyclic) bond motifs is 4. The number of pyridine rings is 1. The molecule has 1 spiro atoms. The van der Waals surface area contributed by atoms with E-state index in [9.17, 15) is 27.6 Å². The van der Waals surface area contributed by atoms with E-state index in [-0.39, 0.29) is 13.0 Å². The summed E-state index contributed by atoms with van der Waals surface area (Å²) in [5.41, 5.74) is 3.20. The molecule has 3 N–H and O–H groups in total. The third-order valence-corrected chi connectivity index (χ3v) is 10.2. The predicted molar refractivity (Wildman–Crippen MR) is 171 cm³/mol. The van der Waals surface area contributed by atoms with E-state index in [0.717, 1.165) is 11.6 Å². The largest absolute Gasteiger partial charge is 0.455 e. The Morgan fingerprint density at radius 2 is 1.76 bits per heavy atom. The van der Waals surface area contributed by atoms with Crippen LogP contribution in [0.4, 0.5) is 0 Å². The highest BCUT2D eigenvalue weighted by molar-refractivity contribution is 7.88. The highest BCUT2D eigenvalue weighted by atomic mass is 32.2. The van der Waals surface area contributed by atoms with Crippen molar-refractivity contribution < 1.29 is 32.3 Å². The second-order valence-electron chi connectivity index (χ2n) is 12.7. The Balaban J connectivity index is 1.59. The number of ether oxygens (including phenoxy) is 1. The Hall–Kier alpha value is -3.88. The molecule has 0 saturated carbocycles. The smallest absolute Gasteiger partial charge is 0.325 e. The zero-order valence-electron chi connectivity index (χ0n) is 26.8. The van der Waals surface area contributed by atoms with Gasteiger partial charge in [0.25, 0.3) is 5.91 Å². The van der Waals surface area contributed by atoms with Gasteiger partial charge in [-0.2, -0.15) is 4.31 Å².